The fraction of sp³-hybridized carbons (Fsp3) is 0.286. The van der Waals surface area contributed by atoms with E-state index in [9.17, 15) is 9.18 Å². The molecule has 0 aliphatic carbocycles. The van der Waals surface area contributed by atoms with Gasteiger partial charge in [-0.2, -0.15) is 0 Å². The normalized spacial score (nSPS) is 16.5. The second-order valence-corrected chi connectivity index (χ2v) is 11.4. The monoisotopic (exact) mass is 639 g/mol. The zero-order valence-electron chi connectivity index (χ0n) is 26.5. The van der Waals surface area contributed by atoms with Crippen molar-refractivity contribution >= 4 is 34.6 Å². The maximum atomic E-state index is 13.7. The number of methoxy groups -OCH3 is 1. The molecule has 2 fully saturated rings. The lowest BCUT2D eigenvalue weighted by molar-refractivity contribution is -0.111. The Morgan fingerprint density at radius 2 is 1.87 bits per heavy atom. The number of anilines is 5. The number of carbonyl (C=O) groups is 1. The van der Waals surface area contributed by atoms with Crippen molar-refractivity contribution in [3.8, 4) is 11.5 Å². The Labute approximate surface area is 273 Å². The van der Waals surface area contributed by atoms with Crippen LogP contribution < -0.4 is 30.1 Å². The van der Waals surface area contributed by atoms with Gasteiger partial charge in [0.2, 0.25) is 5.91 Å². The van der Waals surface area contributed by atoms with Gasteiger partial charge in [0, 0.05) is 50.3 Å². The number of rotatable bonds is 11. The lowest BCUT2D eigenvalue weighted by Gasteiger charge is -2.35. The van der Waals surface area contributed by atoms with Crippen molar-refractivity contribution in [3.05, 3.63) is 103 Å². The molecule has 47 heavy (non-hydrogen) atoms. The van der Waals surface area contributed by atoms with Gasteiger partial charge in [0.1, 0.15) is 36.1 Å². The van der Waals surface area contributed by atoms with Crippen LogP contribution in [0.4, 0.5) is 33.1 Å². The number of carbonyl (C=O) groups excluding carboxylic acids is 1. The molecule has 2 saturated heterocycles. The second kappa shape index (κ2) is 14.5. The lowest BCUT2D eigenvalue weighted by atomic mass is 10.0. The van der Waals surface area contributed by atoms with E-state index in [-0.39, 0.29) is 24.4 Å². The Hall–Kier alpha value is -5.20. The number of amides is 1. The predicted molar refractivity (Wildman–Crippen MR) is 180 cm³/mol. The summed E-state index contributed by atoms with van der Waals surface area (Å²) in [6.07, 6.45) is 3.42. The number of benzene rings is 3. The number of hydrogen-bond donors (Lipinski definition) is 2. The molecule has 0 saturated carbocycles. The van der Waals surface area contributed by atoms with Crippen molar-refractivity contribution in [2.24, 2.45) is 0 Å². The van der Waals surface area contributed by atoms with E-state index in [1.165, 1.54) is 24.5 Å². The lowest BCUT2D eigenvalue weighted by Crippen LogP contribution is -2.44. The smallest absolute Gasteiger partial charge is 0.247 e. The van der Waals surface area contributed by atoms with Crippen LogP contribution in [0.15, 0.2) is 85.7 Å². The molecule has 244 valence electrons. The number of nitrogens with zero attached hydrogens (tertiary/aromatic N) is 5. The summed E-state index contributed by atoms with van der Waals surface area (Å²) < 4.78 is 25.7. The summed E-state index contributed by atoms with van der Waals surface area (Å²) in [4.78, 5) is 32.0. The van der Waals surface area contributed by atoms with E-state index in [0.717, 1.165) is 43.0 Å². The molecule has 12 heteroatoms. The van der Waals surface area contributed by atoms with Crippen LogP contribution in [0.3, 0.4) is 0 Å². The minimum Gasteiger partial charge on any atom is -0.494 e. The average molecular weight is 640 g/mol. The van der Waals surface area contributed by atoms with Crippen LogP contribution in [-0.2, 0) is 16.2 Å². The number of para-hydroxylation sites is 1. The molecule has 2 aliphatic heterocycles. The minimum absolute atomic E-state index is 0.181. The molecule has 3 aromatic carbocycles. The van der Waals surface area contributed by atoms with Crippen molar-refractivity contribution in [1.29, 1.82) is 0 Å². The Balaban J connectivity index is 1.25. The molecule has 1 aromatic heterocycles. The molecular weight excluding hydrogens is 601 g/mol. The number of ether oxygens (including phenoxy) is 2. The molecule has 3 heterocycles. The standard InChI is InChI=1S/C35H38FN7O4/c1-4-35(44)40-27-19-28(32(45-3)20-30(27)42-15-13-41(2)14-16-42)39-33-21-34(38-23-37-33)43-29(12-17-47-43)26-10-5-6-11-31(26)46-22-24-8-7-9-25(36)18-24/h4-11,18-21,23,29H,1,12-17,22H2,2-3H3,(H,40,44)(H,37,38,39). The molecule has 0 bridgehead atoms. The number of aromatic nitrogens is 2. The summed E-state index contributed by atoms with van der Waals surface area (Å²) >= 11 is 0. The fourth-order valence-corrected chi connectivity index (χ4v) is 5.76. The van der Waals surface area contributed by atoms with E-state index in [1.54, 1.807) is 24.3 Å². The van der Waals surface area contributed by atoms with E-state index < -0.39 is 0 Å². The van der Waals surface area contributed by atoms with Gasteiger partial charge in [0.05, 0.1) is 36.8 Å². The Morgan fingerprint density at radius 1 is 1.04 bits per heavy atom. The second-order valence-electron chi connectivity index (χ2n) is 11.4. The SMILES string of the molecule is C=CC(=O)Nc1cc(Nc2cc(N3OCCC3c3ccccc3OCc3cccc(F)c3)ncn2)c(OC)cc1N1CCN(C)CC1. The van der Waals surface area contributed by atoms with Crippen LogP contribution in [0.25, 0.3) is 0 Å². The molecule has 0 radical (unpaired) electrons. The van der Waals surface area contributed by atoms with Crippen molar-refractivity contribution in [2.75, 3.05) is 67.5 Å². The maximum absolute atomic E-state index is 13.7. The van der Waals surface area contributed by atoms with Crippen LogP contribution in [-0.4, -0.2) is 67.7 Å². The maximum Gasteiger partial charge on any atom is 0.247 e. The highest BCUT2D eigenvalue weighted by Crippen LogP contribution is 2.41. The highest BCUT2D eigenvalue weighted by Gasteiger charge is 2.31. The number of likely N-dealkylation sites (N-methyl/N-ethyl adjacent to an activating group) is 1. The summed E-state index contributed by atoms with van der Waals surface area (Å²) in [5, 5.41) is 8.07. The summed E-state index contributed by atoms with van der Waals surface area (Å²) in [6, 6.07) is 19.5. The highest BCUT2D eigenvalue weighted by atomic mass is 19.1. The number of piperazine rings is 1. The first-order chi connectivity index (χ1) is 22.9. The van der Waals surface area contributed by atoms with Crippen molar-refractivity contribution in [3.63, 3.8) is 0 Å². The van der Waals surface area contributed by atoms with E-state index in [0.29, 0.717) is 47.5 Å². The van der Waals surface area contributed by atoms with Gasteiger partial charge in [0.25, 0.3) is 0 Å². The fourth-order valence-electron chi connectivity index (χ4n) is 5.76. The number of halogens is 1. The van der Waals surface area contributed by atoms with Gasteiger partial charge in [-0.15, -0.1) is 0 Å². The molecule has 4 aromatic rings. The van der Waals surface area contributed by atoms with Gasteiger partial charge in [-0.25, -0.2) is 19.4 Å². The molecule has 6 rings (SSSR count). The van der Waals surface area contributed by atoms with Gasteiger partial charge in [0.15, 0.2) is 5.82 Å². The van der Waals surface area contributed by atoms with Crippen molar-refractivity contribution < 1.29 is 23.5 Å². The largest absolute Gasteiger partial charge is 0.494 e. The molecule has 0 spiro atoms. The van der Waals surface area contributed by atoms with Gasteiger partial charge in [-0.05, 0) is 43.0 Å². The predicted octanol–water partition coefficient (Wildman–Crippen LogP) is 5.71. The quantitative estimate of drug-likeness (QED) is 0.199. The van der Waals surface area contributed by atoms with E-state index in [4.69, 9.17) is 14.3 Å². The third kappa shape index (κ3) is 7.45. The Bertz CT molecular complexity index is 1730. The first kappa shape index (κ1) is 31.8. The van der Waals surface area contributed by atoms with Crippen LogP contribution in [0.1, 0.15) is 23.6 Å². The van der Waals surface area contributed by atoms with Gasteiger partial charge < -0.3 is 29.9 Å². The zero-order chi connectivity index (χ0) is 32.8. The molecule has 1 unspecified atom stereocenters. The molecular formula is C35H38FN7O4. The summed E-state index contributed by atoms with van der Waals surface area (Å²) in [6.45, 7) is 7.78. The molecule has 11 nitrogen and oxygen atoms in total. The van der Waals surface area contributed by atoms with Crippen molar-refractivity contribution in [2.45, 2.75) is 19.1 Å². The molecule has 2 aliphatic rings. The third-order valence-corrected chi connectivity index (χ3v) is 8.21. The number of hydrogen-bond acceptors (Lipinski definition) is 10. The van der Waals surface area contributed by atoms with E-state index >= 15 is 0 Å². The summed E-state index contributed by atoms with van der Waals surface area (Å²) in [7, 11) is 3.71. The van der Waals surface area contributed by atoms with Gasteiger partial charge >= 0.3 is 0 Å². The first-order valence-corrected chi connectivity index (χ1v) is 15.5. The Kier molecular flexibility index (Phi) is 9.79. The van der Waals surface area contributed by atoms with E-state index in [1.807, 2.05) is 42.5 Å². The van der Waals surface area contributed by atoms with Crippen LogP contribution in [0.2, 0.25) is 0 Å². The molecule has 1 atom stereocenters. The Morgan fingerprint density at radius 3 is 2.66 bits per heavy atom. The highest BCUT2D eigenvalue weighted by molar-refractivity contribution is 6.02. The van der Waals surface area contributed by atoms with Crippen LogP contribution in [0, 0.1) is 5.82 Å². The van der Waals surface area contributed by atoms with Crippen molar-refractivity contribution in [1.82, 2.24) is 14.9 Å². The zero-order valence-corrected chi connectivity index (χ0v) is 26.5. The van der Waals surface area contributed by atoms with Gasteiger partial charge in [-0.3, -0.25) is 9.63 Å². The molecule has 2 N–H and O–H groups in total. The molecule has 1 amide bonds. The number of nitrogens with one attached hydrogen (secondary N) is 2. The van der Waals surface area contributed by atoms with E-state index in [2.05, 4.69) is 44.0 Å². The minimum atomic E-state index is -0.307. The summed E-state index contributed by atoms with van der Waals surface area (Å²) in [5.74, 6) is 1.73. The van der Waals surface area contributed by atoms with Gasteiger partial charge in [-0.1, -0.05) is 36.9 Å². The average Bonchev–Trinajstić information content (AvgIpc) is 3.58. The topological polar surface area (TPSA) is 104 Å². The number of hydroxylamine groups is 1. The first-order valence-electron chi connectivity index (χ1n) is 15.5. The van der Waals surface area contributed by atoms with Crippen LogP contribution >= 0.6 is 0 Å². The third-order valence-electron chi connectivity index (χ3n) is 8.21. The summed E-state index contributed by atoms with van der Waals surface area (Å²) in [5.41, 5.74) is 3.79. The van der Waals surface area contributed by atoms with Crippen LogP contribution in [0.5, 0.6) is 11.5 Å².